The quantitative estimate of drug-likeness (QED) is 0.671. The van der Waals surface area contributed by atoms with Crippen LogP contribution in [0.5, 0.6) is 5.75 Å². The number of nitrogens with zero attached hydrogens (tertiary/aromatic N) is 1. The molecule has 0 spiro atoms. The molecule has 1 aromatic rings. The second-order valence-electron chi connectivity index (χ2n) is 3.25. The highest BCUT2D eigenvalue weighted by Gasteiger charge is 2.23. The Hall–Kier alpha value is -1.90. The smallest absolute Gasteiger partial charge is 0.208 e. The van der Waals surface area contributed by atoms with E-state index in [-0.39, 0.29) is 6.23 Å². The summed E-state index contributed by atoms with van der Waals surface area (Å²) in [7, 11) is 0. The molecule has 0 aromatic heterocycles. The average Bonchev–Trinajstić information content (AvgIpc) is 2.26. The summed E-state index contributed by atoms with van der Waals surface area (Å²) >= 11 is 0. The largest absolute Gasteiger partial charge is 0.463 e. The Kier molecular flexibility index (Phi) is 1.50. The van der Waals surface area contributed by atoms with Crippen LogP contribution in [0.2, 0.25) is 0 Å². The molecule has 70 valence electrons. The van der Waals surface area contributed by atoms with E-state index in [4.69, 9.17) is 4.74 Å². The van der Waals surface area contributed by atoms with Crippen LogP contribution in [0.15, 0.2) is 48.7 Å². The first-order valence-corrected chi connectivity index (χ1v) is 4.59. The molecule has 0 aliphatic carbocycles. The van der Waals surface area contributed by atoms with Gasteiger partial charge in [0.2, 0.25) is 6.23 Å². The molecule has 0 fully saturated rings. The van der Waals surface area contributed by atoms with Crippen molar-refractivity contribution in [1.29, 1.82) is 0 Å². The van der Waals surface area contributed by atoms with Gasteiger partial charge in [0.1, 0.15) is 5.75 Å². The number of ether oxygens (including phenoxy) is 1. The van der Waals surface area contributed by atoms with E-state index >= 15 is 0 Å². The summed E-state index contributed by atoms with van der Waals surface area (Å²) in [5, 5.41) is 1.93. The highest BCUT2D eigenvalue weighted by molar-refractivity contribution is 5.57. The lowest BCUT2D eigenvalue weighted by atomic mass is 10.2. The molecule has 0 saturated heterocycles. The van der Waals surface area contributed by atoms with Crippen molar-refractivity contribution < 1.29 is 4.74 Å². The van der Waals surface area contributed by atoms with Gasteiger partial charge in [0.15, 0.2) is 0 Å². The molecule has 2 heterocycles. The van der Waals surface area contributed by atoms with E-state index in [1.165, 1.54) is 0 Å². The molecule has 0 radical (unpaired) electrons. The molecule has 1 aromatic carbocycles. The third kappa shape index (κ3) is 1.06. The number of hydrazine groups is 1. The van der Waals surface area contributed by atoms with Crippen molar-refractivity contribution in [2.45, 2.75) is 6.23 Å². The summed E-state index contributed by atoms with van der Waals surface area (Å²) in [5.41, 5.74) is 4.27. The van der Waals surface area contributed by atoms with Crippen molar-refractivity contribution in [3.63, 3.8) is 0 Å². The van der Waals surface area contributed by atoms with Crippen LogP contribution in [0.3, 0.4) is 0 Å². The number of fused-ring (bicyclic) bond motifs is 2. The van der Waals surface area contributed by atoms with Crippen molar-refractivity contribution in [2.75, 3.05) is 5.43 Å². The topological polar surface area (TPSA) is 24.5 Å². The number of benzene rings is 1. The number of hydrogen-bond donors (Lipinski definition) is 1. The monoisotopic (exact) mass is 186 g/mol. The highest BCUT2D eigenvalue weighted by Crippen LogP contribution is 2.31. The lowest BCUT2D eigenvalue weighted by Crippen LogP contribution is -2.42. The molecule has 0 saturated carbocycles. The zero-order valence-corrected chi connectivity index (χ0v) is 7.55. The zero-order valence-electron chi connectivity index (χ0n) is 7.55. The fourth-order valence-corrected chi connectivity index (χ4v) is 1.61. The normalized spacial score (nSPS) is 22.0. The van der Waals surface area contributed by atoms with E-state index < -0.39 is 0 Å². The fraction of sp³-hybridized carbons (Fsp3) is 0.0909. The molecule has 1 unspecified atom stereocenters. The van der Waals surface area contributed by atoms with E-state index in [0.717, 1.165) is 11.4 Å². The Labute approximate surface area is 82.3 Å². The summed E-state index contributed by atoms with van der Waals surface area (Å²) in [5.74, 6) is 0.897. The van der Waals surface area contributed by atoms with Crippen LogP contribution in [0.1, 0.15) is 0 Å². The SMILES string of the molecule is C1=CC2Oc3ccccc3NN2C=C1. The number of hydrogen-bond acceptors (Lipinski definition) is 3. The summed E-state index contributed by atoms with van der Waals surface area (Å²) < 4.78 is 5.76. The summed E-state index contributed by atoms with van der Waals surface area (Å²) in [6.07, 6.45) is 7.89. The molecular formula is C11H10N2O. The Balaban J connectivity index is 2.00. The maximum atomic E-state index is 5.76. The fourth-order valence-electron chi connectivity index (χ4n) is 1.61. The minimum atomic E-state index is -0.0325. The van der Waals surface area contributed by atoms with Crippen molar-refractivity contribution in [3.8, 4) is 5.75 Å². The maximum absolute atomic E-state index is 5.76. The number of allylic oxidation sites excluding steroid dienone is 2. The van der Waals surface area contributed by atoms with Crippen LogP contribution in [0.25, 0.3) is 0 Å². The predicted molar refractivity (Wildman–Crippen MR) is 54.6 cm³/mol. The Morgan fingerprint density at radius 2 is 2.14 bits per heavy atom. The van der Waals surface area contributed by atoms with Gasteiger partial charge in [-0.05, 0) is 24.3 Å². The van der Waals surface area contributed by atoms with Gasteiger partial charge >= 0.3 is 0 Å². The first-order valence-electron chi connectivity index (χ1n) is 4.59. The van der Waals surface area contributed by atoms with Crippen molar-refractivity contribution >= 4 is 5.69 Å². The summed E-state index contributed by atoms with van der Waals surface area (Å²) in [6.45, 7) is 0. The second kappa shape index (κ2) is 2.80. The minimum absolute atomic E-state index is 0.0325. The molecule has 14 heavy (non-hydrogen) atoms. The molecule has 1 N–H and O–H groups in total. The molecule has 2 aliphatic rings. The standard InChI is InChI=1S/C11H10N2O/c1-2-6-10-9(5-1)12-13-8-4-3-7-11(13)14-10/h1-8,11-12H. The van der Waals surface area contributed by atoms with Crippen LogP contribution in [-0.4, -0.2) is 11.2 Å². The molecular weight excluding hydrogens is 176 g/mol. The molecule has 3 rings (SSSR count). The van der Waals surface area contributed by atoms with E-state index in [1.54, 1.807) is 0 Å². The summed E-state index contributed by atoms with van der Waals surface area (Å²) in [6, 6.07) is 7.92. The molecule has 2 aliphatic heterocycles. The molecule has 1 atom stereocenters. The van der Waals surface area contributed by atoms with Crippen LogP contribution >= 0.6 is 0 Å². The second-order valence-corrected chi connectivity index (χ2v) is 3.25. The number of rotatable bonds is 0. The van der Waals surface area contributed by atoms with Gasteiger partial charge in [-0.25, -0.2) is 0 Å². The van der Waals surface area contributed by atoms with Crippen molar-refractivity contribution in [1.82, 2.24) is 5.01 Å². The first kappa shape index (κ1) is 7.50. The average molecular weight is 186 g/mol. The zero-order chi connectivity index (χ0) is 9.38. The van der Waals surface area contributed by atoms with E-state index in [2.05, 4.69) is 5.43 Å². The van der Waals surface area contributed by atoms with Gasteiger partial charge in [-0.3, -0.25) is 10.4 Å². The van der Waals surface area contributed by atoms with Crippen molar-refractivity contribution in [2.24, 2.45) is 0 Å². The first-order chi connectivity index (χ1) is 6.93. The van der Waals surface area contributed by atoms with Gasteiger partial charge in [0.25, 0.3) is 0 Å². The third-order valence-corrected chi connectivity index (χ3v) is 2.29. The lowest BCUT2D eigenvalue weighted by Gasteiger charge is -2.36. The van der Waals surface area contributed by atoms with Gasteiger partial charge in [-0.2, -0.15) is 0 Å². The minimum Gasteiger partial charge on any atom is -0.463 e. The van der Waals surface area contributed by atoms with Crippen LogP contribution < -0.4 is 10.2 Å². The van der Waals surface area contributed by atoms with Gasteiger partial charge in [-0.1, -0.05) is 18.2 Å². The van der Waals surface area contributed by atoms with Crippen molar-refractivity contribution in [3.05, 3.63) is 48.7 Å². The number of para-hydroxylation sites is 2. The van der Waals surface area contributed by atoms with Crippen LogP contribution in [-0.2, 0) is 0 Å². The van der Waals surface area contributed by atoms with E-state index in [0.29, 0.717) is 0 Å². The van der Waals surface area contributed by atoms with Crippen LogP contribution in [0.4, 0.5) is 5.69 Å². The van der Waals surface area contributed by atoms with Gasteiger partial charge in [0.05, 0.1) is 5.69 Å². The highest BCUT2D eigenvalue weighted by atomic mass is 16.5. The van der Waals surface area contributed by atoms with E-state index in [1.807, 2.05) is 53.7 Å². The van der Waals surface area contributed by atoms with Gasteiger partial charge in [-0.15, -0.1) is 0 Å². The number of anilines is 1. The molecule has 0 bridgehead atoms. The van der Waals surface area contributed by atoms with E-state index in [9.17, 15) is 0 Å². The molecule has 3 heteroatoms. The Bertz CT molecular complexity index is 373. The Morgan fingerprint density at radius 1 is 1.21 bits per heavy atom. The third-order valence-electron chi connectivity index (χ3n) is 2.29. The van der Waals surface area contributed by atoms with Crippen LogP contribution in [0, 0.1) is 0 Å². The van der Waals surface area contributed by atoms with Gasteiger partial charge in [0, 0.05) is 6.20 Å². The molecule has 3 nitrogen and oxygen atoms in total. The summed E-state index contributed by atoms with van der Waals surface area (Å²) in [4.78, 5) is 0. The number of nitrogens with one attached hydrogen (secondary N) is 1. The predicted octanol–water partition coefficient (Wildman–Crippen LogP) is 2.12. The lowest BCUT2D eigenvalue weighted by molar-refractivity contribution is 0.106. The van der Waals surface area contributed by atoms with Gasteiger partial charge < -0.3 is 4.74 Å². The maximum Gasteiger partial charge on any atom is 0.208 e. The Morgan fingerprint density at radius 3 is 3.14 bits per heavy atom. The molecule has 0 amide bonds.